The molecule has 2 heterocycles. The second-order valence-corrected chi connectivity index (χ2v) is 7.70. The zero-order valence-corrected chi connectivity index (χ0v) is 17.8. The molecule has 1 saturated heterocycles. The van der Waals surface area contributed by atoms with Crippen molar-refractivity contribution in [3.05, 3.63) is 64.7 Å². The smallest absolute Gasteiger partial charge is 0.475 e. The second kappa shape index (κ2) is 12.1. The van der Waals surface area contributed by atoms with E-state index in [2.05, 4.69) is 15.2 Å². The first kappa shape index (κ1) is 26.0. The van der Waals surface area contributed by atoms with Gasteiger partial charge in [0.15, 0.2) is 0 Å². The molecule has 32 heavy (non-hydrogen) atoms. The van der Waals surface area contributed by atoms with Crippen molar-refractivity contribution in [2.45, 2.75) is 37.7 Å². The van der Waals surface area contributed by atoms with Crippen LogP contribution in [0.2, 0.25) is 5.02 Å². The zero-order valence-electron chi connectivity index (χ0n) is 17.0. The third kappa shape index (κ3) is 8.70. The number of carbonyl (C=O) groups is 1. The highest BCUT2D eigenvalue weighted by molar-refractivity contribution is 6.31. The molecule has 1 aromatic carbocycles. The fraction of sp³-hybridized carbons (Fsp3) is 0.429. The van der Waals surface area contributed by atoms with Crippen LogP contribution in [0.3, 0.4) is 0 Å². The van der Waals surface area contributed by atoms with Gasteiger partial charge >= 0.3 is 12.1 Å². The van der Waals surface area contributed by atoms with Crippen molar-refractivity contribution in [3.63, 3.8) is 0 Å². The number of halogens is 5. The predicted octanol–water partition coefficient (Wildman–Crippen LogP) is 3.80. The van der Waals surface area contributed by atoms with Crippen molar-refractivity contribution in [2.75, 3.05) is 19.6 Å². The number of aliphatic hydroxyl groups is 1. The summed E-state index contributed by atoms with van der Waals surface area (Å²) in [6, 6.07) is 10.4. The van der Waals surface area contributed by atoms with E-state index in [0.717, 1.165) is 31.5 Å². The number of aliphatic hydroxyl groups excluding tert-OH is 1. The maximum Gasteiger partial charge on any atom is 0.490 e. The molecule has 1 aliphatic heterocycles. The number of piperidine rings is 1. The van der Waals surface area contributed by atoms with Crippen LogP contribution in [0.15, 0.2) is 42.6 Å². The summed E-state index contributed by atoms with van der Waals surface area (Å²) in [7, 11) is 0. The van der Waals surface area contributed by atoms with Gasteiger partial charge in [0.2, 0.25) is 0 Å². The SMILES string of the molecule is O=C(O)C(F)(F)F.OC(CNC1CCCN(Cc2ccc(F)cc2Cl)C1)c1ccccn1. The molecule has 11 heteroatoms. The molecule has 1 fully saturated rings. The molecule has 3 rings (SSSR count). The van der Waals surface area contributed by atoms with E-state index in [9.17, 15) is 22.7 Å². The third-order valence-corrected chi connectivity index (χ3v) is 5.14. The number of nitrogens with one attached hydrogen (secondary N) is 1. The summed E-state index contributed by atoms with van der Waals surface area (Å²) in [5, 5.41) is 21.3. The molecule has 0 amide bonds. The average molecular weight is 478 g/mol. The summed E-state index contributed by atoms with van der Waals surface area (Å²) >= 11 is 6.13. The molecule has 0 radical (unpaired) electrons. The van der Waals surface area contributed by atoms with E-state index in [-0.39, 0.29) is 5.82 Å². The average Bonchev–Trinajstić information content (AvgIpc) is 2.75. The molecule has 0 spiro atoms. The standard InChI is InChI=1S/C19H23ClFN3O.C2HF3O2/c20-17-10-15(21)7-6-14(17)12-24-9-3-4-16(13-24)23-11-19(25)18-5-1-2-8-22-18;3-2(4,5)1(6)7/h1-2,5-8,10,16,19,23,25H,3-4,9,11-13H2;(H,6,7). The Morgan fingerprint density at radius 3 is 2.62 bits per heavy atom. The predicted molar refractivity (Wildman–Crippen MR) is 111 cm³/mol. The Hall–Kier alpha value is -2.27. The fourth-order valence-corrected chi connectivity index (χ4v) is 3.44. The van der Waals surface area contributed by atoms with Gasteiger partial charge in [0.25, 0.3) is 0 Å². The van der Waals surface area contributed by atoms with Gasteiger partial charge in [0.1, 0.15) is 11.9 Å². The first-order valence-electron chi connectivity index (χ1n) is 9.85. The topological polar surface area (TPSA) is 85.7 Å². The number of nitrogens with zero attached hydrogens (tertiary/aromatic N) is 2. The van der Waals surface area contributed by atoms with Crippen LogP contribution in [0.4, 0.5) is 17.6 Å². The largest absolute Gasteiger partial charge is 0.490 e. The molecule has 2 unspecified atom stereocenters. The number of aliphatic carboxylic acids is 1. The van der Waals surface area contributed by atoms with E-state index in [0.29, 0.717) is 29.8 Å². The number of benzene rings is 1. The number of hydrogen-bond donors (Lipinski definition) is 3. The monoisotopic (exact) mass is 477 g/mol. The lowest BCUT2D eigenvalue weighted by molar-refractivity contribution is -0.192. The Morgan fingerprint density at radius 1 is 1.31 bits per heavy atom. The molecule has 6 nitrogen and oxygen atoms in total. The van der Waals surface area contributed by atoms with Gasteiger partial charge in [-0.25, -0.2) is 9.18 Å². The maximum atomic E-state index is 13.2. The van der Waals surface area contributed by atoms with E-state index in [1.807, 2.05) is 18.2 Å². The van der Waals surface area contributed by atoms with Crippen molar-refractivity contribution in [1.29, 1.82) is 0 Å². The van der Waals surface area contributed by atoms with Crippen molar-refractivity contribution >= 4 is 17.6 Å². The summed E-state index contributed by atoms with van der Waals surface area (Å²) in [6.07, 6.45) is -1.85. The van der Waals surface area contributed by atoms with Crippen molar-refractivity contribution < 1.29 is 32.6 Å². The van der Waals surface area contributed by atoms with Gasteiger partial charge in [-0.05, 0) is 49.2 Å². The molecule has 2 aromatic rings. The highest BCUT2D eigenvalue weighted by atomic mass is 35.5. The highest BCUT2D eigenvalue weighted by Crippen LogP contribution is 2.21. The van der Waals surface area contributed by atoms with E-state index < -0.39 is 18.2 Å². The Labute approximate surface area is 187 Å². The van der Waals surface area contributed by atoms with Crippen LogP contribution < -0.4 is 5.32 Å². The molecular formula is C21H24ClF4N3O3. The number of carboxylic acids is 1. The van der Waals surface area contributed by atoms with Crippen LogP contribution in [0.5, 0.6) is 0 Å². The lowest BCUT2D eigenvalue weighted by atomic mass is 10.0. The number of alkyl halides is 3. The minimum absolute atomic E-state index is 0.310. The summed E-state index contributed by atoms with van der Waals surface area (Å²) in [6.45, 7) is 3.06. The van der Waals surface area contributed by atoms with Crippen LogP contribution in [0.25, 0.3) is 0 Å². The molecule has 0 aliphatic carbocycles. The molecule has 0 saturated carbocycles. The first-order valence-corrected chi connectivity index (χ1v) is 10.2. The minimum Gasteiger partial charge on any atom is -0.475 e. The first-order chi connectivity index (χ1) is 15.1. The normalized spacial score (nSPS) is 17.9. The van der Waals surface area contributed by atoms with E-state index >= 15 is 0 Å². The molecule has 2 atom stereocenters. The molecule has 176 valence electrons. The van der Waals surface area contributed by atoms with Gasteiger partial charge in [0, 0.05) is 36.9 Å². The number of hydrogen-bond acceptors (Lipinski definition) is 5. The fourth-order valence-electron chi connectivity index (χ4n) is 3.21. The van der Waals surface area contributed by atoms with Crippen LogP contribution >= 0.6 is 11.6 Å². The summed E-state index contributed by atoms with van der Waals surface area (Å²) in [4.78, 5) is 15.4. The Kier molecular flexibility index (Phi) is 9.83. The quantitative estimate of drug-likeness (QED) is 0.549. The Morgan fingerprint density at radius 2 is 2.03 bits per heavy atom. The van der Waals surface area contributed by atoms with Gasteiger partial charge in [-0.15, -0.1) is 0 Å². The Balaban J connectivity index is 0.000000451. The second-order valence-electron chi connectivity index (χ2n) is 7.29. The van der Waals surface area contributed by atoms with E-state index in [4.69, 9.17) is 21.5 Å². The lowest BCUT2D eigenvalue weighted by Gasteiger charge is -2.34. The summed E-state index contributed by atoms with van der Waals surface area (Å²) in [5.74, 6) is -3.07. The summed E-state index contributed by atoms with van der Waals surface area (Å²) < 4.78 is 44.9. The molecule has 1 aliphatic rings. The van der Waals surface area contributed by atoms with Crippen LogP contribution in [0, 0.1) is 5.82 Å². The van der Waals surface area contributed by atoms with Gasteiger partial charge < -0.3 is 15.5 Å². The molecular weight excluding hydrogens is 454 g/mol. The number of pyridine rings is 1. The zero-order chi connectivity index (χ0) is 23.7. The lowest BCUT2D eigenvalue weighted by Crippen LogP contribution is -2.46. The van der Waals surface area contributed by atoms with Crippen molar-refractivity contribution in [2.24, 2.45) is 0 Å². The van der Waals surface area contributed by atoms with E-state index in [1.54, 1.807) is 12.3 Å². The van der Waals surface area contributed by atoms with Crippen molar-refractivity contribution in [1.82, 2.24) is 15.2 Å². The van der Waals surface area contributed by atoms with Crippen molar-refractivity contribution in [3.8, 4) is 0 Å². The van der Waals surface area contributed by atoms with Crippen LogP contribution in [-0.2, 0) is 11.3 Å². The van der Waals surface area contributed by atoms with Gasteiger partial charge in [-0.2, -0.15) is 13.2 Å². The third-order valence-electron chi connectivity index (χ3n) is 4.79. The highest BCUT2D eigenvalue weighted by Gasteiger charge is 2.38. The van der Waals surface area contributed by atoms with E-state index in [1.165, 1.54) is 12.1 Å². The molecule has 1 aromatic heterocycles. The number of aromatic nitrogens is 1. The van der Waals surface area contributed by atoms with Gasteiger partial charge in [-0.3, -0.25) is 9.88 Å². The van der Waals surface area contributed by atoms with Crippen LogP contribution in [-0.4, -0.2) is 57.9 Å². The number of rotatable bonds is 6. The van der Waals surface area contributed by atoms with Gasteiger partial charge in [-0.1, -0.05) is 23.7 Å². The Bertz CT molecular complexity index is 871. The molecule has 0 bridgehead atoms. The number of likely N-dealkylation sites (tertiary alicyclic amines) is 1. The van der Waals surface area contributed by atoms with Crippen LogP contribution in [0.1, 0.15) is 30.2 Å². The maximum absolute atomic E-state index is 13.2. The minimum atomic E-state index is -5.08. The summed E-state index contributed by atoms with van der Waals surface area (Å²) in [5.41, 5.74) is 1.62. The number of carboxylic acid groups (broad SMARTS) is 1. The molecule has 3 N–H and O–H groups in total. The van der Waals surface area contributed by atoms with Gasteiger partial charge in [0.05, 0.1) is 5.69 Å².